The highest BCUT2D eigenvalue weighted by Crippen LogP contribution is 2.26. The third-order valence-electron chi connectivity index (χ3n) is 4.14. The number of rotatable bonds is 4. The molecule has 2 rings (SSSR count). The fourth-order valence-electron chi connectivity index (χ4n) is 2.71. The number of benzene rings is 1. The topological polar surface area (TPSA) is 29.1 Å². The van der Waals surface area contributed by atoms with Crippen LogP contribution in [0.1, 0.15) is 45.1 Å². The molecule has 1 aromatic carbocycles. The van der Waals surface area contributed by atoms with E-state index in [9.17, 15) is 4.79 Å². The van der Waals surface area contributed by atoms with Crippen molar-refractivity contribution in [1.82, 2.24) is 5.32 Å². The van der Waals surface area contributed by atoms with E-state index < -0.39 is 0 Å². The first-order valence-electron chi connectivity index (χ1n) is 7.60. The molecule has 1 aliphatic carbocycles. The van der Waals surface area contributed by atoms with Gasteiger partial charge >= 0.3 is 0 Å². The fraction of sp³-hybridized carbons (Fsp3) is 0.588. The van der Waals surface area contributed by atoms with Crippen molar-refractivity contribution in [3.8, 4) is 0 Å². The molecule has 1 N–H and O–H groups in total. The zero-order chi connectivity index (χ0) is 14.5. The van der Waals surface area contributed by atoms with Crippen molar-refractivity contribution in [1.29, 1.82) is 0 Å². The van der Waals surface area contributed by atoms with Crippen molar-refractivity contribution >= 4 is 17.7 Å². The van der Waals surface area contributed by atoms with Gasteiger partial charge in [0.2, 0.25) is 5.91 Å². The van der Waals surface area contributed by atoms with Crippen molar-refractivity contribution in [3.63, 3.8) is 0 Å². The number of aryl methyl sites for hydroxylation is 1. The lowest BCUT2D eigenvalue weighted by molar-refractivity contribution is -0.121. The van der Waals surface area contributed by atoms with Crippen LogP contribution in [0.4, 0.5) is 0 Å². The lowest BCUT2D eigenvalue weighted by Gasteiger charge is -2.30. The van der Waals surface area contributed by atoms with Crippen LogP contribution in [0.2, 0.25) is 0 Å². The summed E-state index contributed by atoms with van der Waals surface area (Å²) in [6, 6.07) is 8.74. The van der Waals surface area contributed by atoms with E-state index in [0.717, 1.165) is 11.3 Å². The Labute approximate surface area is 126 Å². The molecule has 0 radical (unpaired) electrons. The monoisotopic (exact) mass is 291 g/mol. The Morgan fingerprint density at radius 1 is 1.25 bits per heavy atom. The second-order valence-electron chi connectivity index (χ2n) is 5.95. The van der Waals surface area contributed by atoms with Gasteiger partial charge < -0.3 is 5.32 Å². The Bertz CT molecular complexity index is 443. The summed E-state index contributed by atoms with van der Waals surface area (Å²) in [6.45, 7) is 6.32. The van der Waals surface area contributed by atoms with Gasteiger partial charge in [-0.15, -0.1) is 11.8 Å². The van der Waals surface area contributed by atoms with E-state index >= 15 is 0 Å². The van der Waals surface area contributed by atoms with Crippen LogP contribution in [0.15, 0.2) is 29.2 Å². The molecule has 1 fully saturated rings. The van der Waals surface area contributed by atoms with Gasteiger partial charge in [-0.2, -0.15) is 0 Å². The van der Waals surface area contributed by atoms with Crippen LogP contribution >= 0.6 is 11.8 Å². The van der Waals surface area contributed by atoms with E-state index in [4.69, 9.17) is 0 Å². The van der Waals surface area contributed by atoms with Crippen LogP contribution in [0.5, 0.6) is 0 Å². The molecule has 3 heteroatoms. The Morgan fingerprint density at radius 2 is 1.90 bits per heavy atom. The largest absolute Gasteiger partial charge is 0.352 e. The van der Waals surface area contributed by atoms with Crippen LogP contribution in [-0.4, -0.2) is 17.2 Å². The zero-order valence-electron chi connectivity index (χ0n) is 12.7. The maximum atomic E-state index is 12.3. The minimum absolute atomic E-state index is 0.0353. The van der Waals surface area contributed by atoms with E-state index in [2.05, 4.69) is 43.4 Å². The highest BCUT2D eigenvalue weighted by atomic mass is 32.2. The maximum Gasteiger partial charge on any atom is 0.233 e. The quantitative estimate of drug-likeness (QED) is 0.844. The van der Waals surface area contributed by atoms with Crippen LogP contribution in [-0.2, 0) is 4.79 Å². The molecule has 3 unspecified atom stereocenters. The minimum Gasteiger partial charge on any atom is -0.352 e. The molecule has 0 heterocycles. The van der Waals surface area contributed by atoms with Crippen molar-refractivity contribution in [3.05, 3.63) is 29.8 Å². The van der Waals surface area contributed by atoms with Gasteiger partial charge in [-0.25, -0.2) is 0 Å². The summed E-state index contributed by atoms with van der Waals surface area (Å²) in [5, 5.41) is 3.20. The Kier molecular flexibility index (Phi) is 5.53. The Hall–Kier alpha value is -0.960. The normalized spacial score (nSPS) is 24.1. The van der Waals surface area contributed by atoms with Gasteiger partial charge in [-0.3, -0.25) is 4.79 Å². The summed E-state index contributed by atoms with van der Waals surface area (Å²) in [4.78, 5) is 13.5. The smallest absolute Gasteiger partial charge is 0.233 e. The van der Waals surface area contributed by atoms with Crippen LogP contribution < -0.4 is 5.32 Å². The molecule has 3 atom stereocenters. The molecule has 1 amide bonds. The van der Waals surface area contributed by atoms with E-state index in [0.29, 0.717) is 12.0 Å². The molecule has 0 aliphatic heterocycles. The Balaban J connectivity index is 1.86. The van der Waals surface area contributed by atoms with E-state index in [1.54, 1.807) is 11.8 Å². The molecule has 0 aromatic heterocycles. The van der Waals surface area contributed by atoms with E-state index in [1.807, 2.05) is 6.92 Å². The van der Waals surface area contributed by atoms with E-state index in [-0.39, 0.29) is 11.2 Å². The summed E-state index contributed by atoms with van der Waals surface area (Å²) in [5.74, 6) is 0.790. The second kappa shape index (κ2) is 7.16. The Morgan fingerprint density at radius 3 is 2.55 bits per heavy atom. The number of hydrogen-bond donors (Lipinski definition) is 1. The van der Waals surface area contributed by atoms with Gasteiger partial charge in [-0.05, 0) is 44.7 Å². The van der Waals surface area contributed by atoms with Crippen molar-refractivity contribution in [2.75, 3.05) is 0 Å². The van der Waals surface area contributed by atoms with Crippen LogP contribution in [0.3, 0.4) is 0 Å². The number of amides is 1. The molecule has 1 saturated carbocycles. The first-order valence-corrected chi connectivity index (χ1v) is 8.48. The number of hydrogen-bond acceptors (Lipinski definition) is 2. The molecule has 110 valence electrons. The molecule has 0 spiro atoms. The van der Waals surface area contributed by atoms with Crippen molar-refractivity contribution < 1.29 is 4.79 Å². The third kappa shape index (κ3) is 4.27. The van der Waals surface area contributed by atoms with Crippen molar-refractivity contribution in [2.45, 2.75) is 62.6 Å². The lowest BCUT2D eigenvalue weighted by Crippen LogP contribution is -2.44. The molecule has 0 bridgehead atoms. The number of carbonyl (C=O) groups is 1. The number of nitrogens with one attached hydrogen (secondary N) is 1. The van der Waals surface area contributed by atoms with E-state index in [1.165, 1.54) is 24.8 Å². The summed E-state index contributed by atoms with van der Waals surface area (Å²) in [5.41, 5.74) is 1.25. The molecule has 2 nitrogen and oxygen atoms in total. The number of thioether (sulfide) groups is 1. The predicted octanol–water partition coefficient (Wildman–Crippen LogP) is 4.17. The molecule has 1 aliphatic rings. The second-order valence-corrected chi connectivity index (χ2v) is 7.36. The average Bonchev–Trinajstić information content (AvgIpc) is 2.44. The average molecular weight is 291 g/mol. The summed E-state index contributed by atoms with van der Waals surface area (Å²) in [6.07, 6.45) is 4.93. The van der Waals surface area contributed by atoms with Gasteiger partial charge in [0.1, 0.15) is 0 Å². The first-order chi connectivity index (χ1) is 9.56. The number of carbonyl (C=O) groups excluding carboxylic acids is 1. The van der Waals surface area contributed by atoms with Crippen LogP contribution in [0.25, 0.3) is 0 Å². The standard InChI is InChI=1S/C17H25NOS/c1-12-8-10-15(11-9-12)20-14(3)17(19)18-16-7-5-4-6-13(16)2/h8-11,13-14,16H,4-7H2,1-3H3,(H,18,19). The SMILES string of the molecule is Cc1ccc(SC(C)C(=O)NC2CCCCC2C)cc1. The molecule has 20 heavy (non-hydrogen) atoms. The highest BCUT2D eigenvalue weighted by molar-refractivity contribution is 8.00. The van der Waals surface area contributed by atoms with Gasteiger partial charge in [0.25, 0.3) is 0 Å². The fourth-order valence-corrected chi connectivity index (χ4v) is 3.58. The highest BCUT2D eigenvalue weighted by Gasteiger charge is 2.25. The van der Waals surface area contributed by atoms with Crippen LogP contribution in [0, 0.1) is 12.8 Å². The van der Waals surface area contributed by atoms with Gasteiger partial charge in [-0.1, -0.05) is 37.5 Å². The molecular formula is C17H25NOS. The molecule has 0 saturated heterocycles. The zero-order valence-corrected chi connectivity index (χ0v) is 13.5. The van der Waals surface area contributed by atoms with Gasteiger partial charge in [0.15, 0.2) is 0 Å². The third-order valence-corrected chi connectivity index (χ3v) is 5.25. The van der Waals surface area contributed by atoms with Gasteiger partial charge in [0, 0.05) is 10.9 Å². The summed E-state index contributed by atoms with van der Waals surface area (Å²) < 4.78 is 0. The molecule has 1 aromatic rings. The minimum atomic E-state index is -0.0353. The summed E-state index contributed by atoms with van der Waals surface area (Å²) in [7, 11) is 0. The predicted molar refractivity (Wildman–Crippen MR) is 86.1 cm³/mol. The molecular weight excluding hydrogens is 266 g/mol. The maximum absolute atomic E-state index is 12.3. The first kappa shape index (κ1) is 15.4. The lowest BCUT2D eigenvalue weighted by atomic mass is 9.86. The van der Waals surface area contributed by atoms with Gasteiger partial charge in [0.05, 0.1) is 5.25 Å². The summed E-state index contributed by atoms with van der Waals surface area (Å²) >= 11 is 1.64. The van der Waals surface area contributed by atoms with Crippen molar-refractivity contribution in [2.24, 2.45) is 5.92 Å².